The number of imidazole rings is 1. The van der Waals surface area contributed by atoms with Crippen LogP contribution in [-0.2, 0) is 5.41 Å². The normalized spacial score (nSPS) is 13.3. The smallest absolute Gasteiger partial charge is 0.147 e. The van der Waals surface area contributed by atoms with E-state index in [1.54, 1.807) is 0 Å². The van der Waals surface area contributed by atoms with Gasteiger partial charge in [-0.05, 0) is 114 Å². The molecule has 59 heavy (non-hydrogen) atoms. The van der Waals surface area contributed by atoms with Crippen LogP contribution in [0.5, 0.6) is 0 Å². The molecule has 4 heterocycles. The monoisotopic (exact) mass is 761 g/mol. The van der Waals surface area contributed by atoms with Gasteiger partial charge in [0.2, 0.25) is 0 Å². The number of fused-ring (bicyclic) bond motifs is 6. The Morgan fingerprint density at radius 3 is 2.14 bits per heavy atom. The molecule has 0 fully saturated rings. The Morgan fingerprint density at radius 1 is 0.576 bits per heavy atom. The number of aryl methyl sites for hydroxylation is 3. The number of nitrogens with one attached hydrogen (secondary N) is 1. The maximum Gasteiger partial charge on any atom is 0.147 e. The van der Waals surface area contributed by atoms with Crippen molar-refractivity contribution in [2.75, 3.05) is 4.90 Å². The van der Waals surface area contributed by atoms with Crippen molar-refractivity contribution in [2.45, 2.75) is 40.0 Å². The Morgan fingerprint density at radius 2 is 1.29 bits per heavy atom. The summed E-state index contributed by atoms with van der Waals surface area (Å²) < 4.78 is 2.31. The zero-order valence-electron chi connectivity index (χ0n) is 33.9. The average Bonchev–Trinajstić information content (AvgIpc) is 3.83. The fourth-order valence-electron chi connectivity index (χ4n) is 9.87. The Bertz CT molecular complexity index is 3270. The van der Waals surface area contributed by atoms with E-state index in [0.717, 1.165) is 67.5 Å². The molecular formula is C54H43N5. The Hall–Kier alpha value is -7.24. The van der Waals surface area contributed by atoms with Crippen molar-refractivity contribution in [1.82, 2.24) is 19.5 Å². The van der Waals surface area contributed by atoms with Crippen LogP contribution in [0.2, 0.25) is 0 Å². The largest absolute Gasteiger partial charge is 0.354 e. The molecule has 0 radical (unpaired) electrons. The topological polar surface area (TPSA) is 49.7 Å². The summed E-state index contributed by atoms with van der Waals surface area (Å²) in [5.41, 5.74) is 19.3. The van der Waals surface area contributed by atoms with Crippen LogP contribution < -0.4 is 4.90 Å². The van der Waals surface area contributed by atoms with Crippen LogP contribution in [0.3, 0.4) is 0 Å². The van der Waals surface area contributed by atoms with Crippen LogP contribution in [-0.4, -0.2) is 19.5 Å². The zero-order chi connectivity index (χ0) is 40.0. The molecule has 0 saturated carbocycles. The highest BCUT2D eigenvalue weighted by atomic mass is 15.2. The van der Waals surface area contributed by atoms with Gasteiger partial charge in [0.05, 0.1) is 27.9 Å². The first-order valence-corrected chi connectivity index (χ1v) is 20.4. The average molecular weight is 762 g/mol. The molecule has 3 aromatic heterocycles. The van der Waals surface area contributed by atoms with E-state index >= 15 is 0 Å². The highest BCUT2D eigenvalue weighted by Gasteiger charge is 2.37. The first-order chi connectivity index (χ1) is 28.8. The van der Waals surface area contributed by atoms with Crippen molar-refractivity contribution >= 4 is 50.0 Å². The SMILES string of the molecule is Cc1cc(C)c(-c2ccnc(N3c4ccccc4C(C)(C)c4ccc(-c5cccc6c5nc(-c5cccc7c5[nH]c5ccccc57)n6-c5ccccc5)cc43)c2)c(C)c1. The van der Waals surface area contributed by atoms with Crippen molar-refractivity contribution < 1.29 is 0 Å². The summed E-state index contributed by atoms with van der Waals surface area (Å²) in [6, 6.07) is 56.9. The van der Waals surface area contributed by atoms with E-state index in [0.29, 0.717) is 0 Å². The lowest BCUT2D eigenvalue weighted by molar-refractivity contribution is 0.631. The number of hydrogen-bond acceptors (Lipinski definition) is 3. The third-order valence-corrected chi connectivity index (χ3v) is 12.5. The third kappa shape index (κ3) is 5.38. The molecule has 1 aliphatic heterocycles. The molecule has 284 valence electrons. The van der Waals surface area contributed by atoms with Gasteiger partial charge in [0.15, 0.2) is 0 Å². The van der Waals surface area contributed by atoms with Crippen LogP contribution >= 0.6 is 0 Å². The summed E-state index contributed by atoms with van der Waals surface area (Å²) in [7, 11) is 0. The molecule has 1 aliphatic rings. The second-order valence-corrected chi connectivity index (χ2v) is 16.6. The summed E-state index contributed by atoms with van der Waals surface area (Å²) in [6.45, 7) is 11.3. The highest BCUT2D eigenvalue weighted by Crippen LogP contribution is 2.53. The quantitative estimate of drug-likeness (QED) is 0.190. The molecule has 0 saturated heterocycles. The van der Waals surface area contributed by atoms with Crippen LogP contribution in [0.25, 0.3) is 72.2 Å². The summed E-state index contributed by atoms with van der Waals surface area (Å²) in [4.78, 5) is 16.8. The number of rotatable bonds is 5. The molecule has 1 N–H and O–H groups in total. The number of pyridine rings is 1. The molecule has 0 unspecified atom stereocenters. The first-order valence-electron chi connectivity index (χ1n) is 20.4. The Balaban J connectivity index is 1.13. The third-order valence-electron chi connectivity index (χ3n) is 12.5. The number of anilines is 3. The molecule has 7 aromatic carbocycles. The lowest BCUT2D eigenvalue weighted by atomic mass is 9.73. The number of H-pyrrole nitrogens is 1. The minimum atomic E-state index is -0.241. The van der Waals surface area contributed by atoms with Gasteiger partial charge in [0.25, 0.3) is 0 Å². The molecule has 0 spiro atoms. The van der Waals surface area contributed by atoms with E-state index in [1.807, 2.05) is 6.20 Å². The number of aromatic amines is 1. The predicted octanol–water partition coefficient (Wildman–Crippen LogP) is 14.1. The summed E-state index contributed by atoms with van der Waals surface area (Å²) in [5, 5.41) is 2.40. The van der Waals surface area contributed by atoms with E-state index < -0.39 is 0 Å². The fraction of sp³-hybridized carbons (Fsp3) is 0.111. The highest BCUT2D eigenvalue weighted by molar-refractivity contribution is 6.12. The van der Waals surface area contributed by atoms with Crippen LogP contribution in [0.4, 0.5) is 17.2 Å². The van der Waals surface area contributed by atoms with Crippen molar-refractivity contribution in [3.05, 3.63) is 192 Å². The molecule has 5 nitrogen and oxygen atoms in total. The van der Waals surface area contributed by atoms with E-state index in [1.165, 1.54) is 49.7 Å². The van der Waals surface area contributed by atoms with E-state index in [9.17, 15) is 0 Å². The molecule has 11 rings (SSSR count). The van der Waals surface area contributed by atoms with E-state index in [4.69, 9.17) is 9.97 Å². The van der Waals surface area contributed by atoms with Crippen molar-refractivity contribution in [2.24, 2.45) is 0 Å². The first kappa shape index (κ1) is 35.0. The Kier molecular flexibility index (Phi) is 7.79. The van der Waals surface area contributed by atoms with Crippen LogP contribution in [0, 0.1) is 20.8 Å². The van der Waals surface area contributed by atoms with Gasteiger partial charge in [-0.1, -0.05) is 123 Å². The van der Waals surface area contributed by atoms with Gasteiger partial charge < -0.3 is 4.98 Å². The lowest BCUT2D eigenvalue weighted by Crippen LogP contribution is -2.31. The van der Waals surface area contributed by atoms with Crippen LogP contribution in [0.15, 0.2) is 164 Å². The minimum Gasteiger partial charge on any atom is -0.354 e. The zero-order valence-corrected chi connectivity index (χ0v) is 33.9. The summed E-state index contributed by atoms with van der Waals surface area (Å²) in [5.74, 6) is 1.79. The number of benzene rings is 7. The van der Waals surface area contributed by atoms with Crippen molar-refractivity contribution in [3.63, 3.8) is 0 Å². The van der Waals surface area contributed by atoms with E-state index in [-0.39, 0.29) is 5.41 Å². The summed E-state index contributed by atoms with van der Waals surface area (Å²) in [6.07, 6.45) is 1.96. The van der Waals surface area contributed by atoms with Gasteiger partial charge in [0.1, 0.15) is 11.6 Å². The van der Waals surface area contributed by atoms with Gasteiger partial charge in [-0.25, -0.2) is 9.97 Å². The predicted molar refractivity (Wildman–Crippen MR) is 246 cm³/mol. The van der Waals surface area contributed by atoms with Crippen LogP contribution in [0.1, 0.15) is 41.7 Å². The molecule has 0 bridgehead atoms. The molecule has 10 aromatic rings. The number of aromatic nitrogens is 4. The van der Waals surface area contributed by atoms with Gasteiger partial charge in [-0.15, -0.1) is 0 Å². The maximum atomic E-state index is 5.59. The number of hydrogen-bond donors (Lipinski definition) is 1. The second-order valence-electron chi connectivity index (χ2n) is 16.6. The lowest BCUT2D eigenvalue weighted by Gasteiger charge is -2.41. The number of para-hydroxylation sites is 5. The van der Waals surface area contributed by atoms with Gasteiger partial charge in [-0.2, -0.15) is 0 Å². The number of nitrogens with zero attached hydrogens (tertiary/aromatic N) is 4. The van der Waals surface area contributed by atoms with Gasteiger partial charge in [-0.3, -0.25) is 9.47 Å². The molecule has 5 heteroatoms. The molecule has 0 atom stereocenters. The van der Waals surface area contributed by atoms with Crippen molar-refractivity contribution in [1.29, 1.82) is 0 Å². The standard InChI is InChI=1S/C54H43N5/c1-33-29-34(2)50(35(3)30-33)37-27-28-55-49(32-37)59-46-23-12-10-21-43(46)54(4,5)44-26-25-36(31-48(44)59)39-18-14-24-47-52(39)57-53(58(47)38-15-7-6-8-16-38)42-20-13-19-41-40-17-9-11-22-45(40)56-51(41)42/h6-32,56H,1-5H3. The van der Waals surface area contributed by atoms with Gasteiger partial charge >= 0.3 is 0 Å². The minimum absolute atomic E-state index is 0.241. The molecule has 0 aliphatic carbocycles. The van der Waals surface area contributed by atoms with Crippen molar-refractivity contribution in [3.8, 4) is 39.3 Å². The fourth-order valence-corrected chi connectivity index (χ4v) is 9.87. The van der Waals surface area contributed by atoms with Gasteiger partial charge in [0, 0.05) is 44.7 Å². The maximum absolute atomic E-state index is 5.59. The Labute approximate surface area is 344 Å². The molecule has 0 amide bonds. The second kappa shape index (κ2) is 13.2. The summed E-state index contributed by atoms with van der Waals surface area (Å²) >= 11 is 0. The van der Waals surface area contributed by atoms with E-state index in [2.05, 4.69) is 207 Å². The molecular weight excluding hydrogens is 719 g/mol.